The zero-order valence-corrected chi connectivity index (χ0v) is 11.1. The average molecular weight is 289 g/mol. The highest BCUT2D eigenvalue weighted by molar-refractivity contribution is 7.84. The molecule has 1 aromatic rings. The van der Waals surface area contributed by atoms with Gasteiger partial charge in [-0.05, 0) is 6.07 Å². The fourth-order valence-electron chi connectivity index (χ4n) is 2.05. The minimum atomic E-state index is -0.997. The monoisotopic (exact) mass is 289 g/mol. The van der Waals surface area contributed by atoms with Crippen molar-refractivity contribution in [1.82, 2.24) is 0 Å². The van der Waals surface area contributed by atoms with Crippen LogP contribution in [0.4, 0.5) is 4.39 Å². The molecule has 1 amide bonds. The van der Waals surface area contributed by atoms with Crippen molar-refractivity contribution in [3.05, 3.63) is 57.2 Å². The van der Waals surface area contributed by atoms with E-state index in [4.69, 9.17) is 11.5 Å². The molecule has 5 nitrogen and oxygen atoms in total. The first-order valence-electron chi connectivity index (χ1n) is 5.56. The quantitative estimate of drug-likeness (QED) is 0.560. The van der Waals surface area contributed by atoms with E-state index in [0.29, 0.717) is 0 Å². The summed E-state index contributed by atoms with van der Waals surface area (Å²) in [5.41, 5.74) is 11.0. The minimum Gasteiger partial charge on any atom is -0.763 e. The Morgan fingerprint density at radius 3 is 2.65 bits per heavy atom. The second-order valence-electron chi connectivity index (χ2n) is 4.08. The number of aliphatic imine (C=N–C) groups is 1. The van der Waals surface area contributed by atoms with Crippen LogP contribution >= 0.6 is 12.6 Å². The number of carbonyl (C=O) groups excluding carboxylic acids is 1. The molecule has 0 saturated heterocycles. The van der Waals surface area contributed by atoms with Gasteiger partial charge in [0.25, 0.3) is 0 Å². The molecular formula is C13H10FN4OS-. The van der Waals surface area contributed by atoms with E-state index in [2.05, 4.69) is 17.6 Å². The molecule has 0 saturated carbocycles. The Morgan fingerprint density at radius 1 is 1.45 bits per heavy atom. The van der Waals surface area contributed by atoms with Crippen LogP contribution in [-0.4, -0.2) is 17.6 Å². The van der Waals surface area contributed by atoms with Gasteiger partial charge in [-0.1, -0.05) is 18.2 Å². The minimum absolute atomic E-state index is 0.0118. The lowest BCUT2D eigenvalue weighted by atomic mass is 9.83. The summed E-state index contributed by atoms with van der Waals surface area (Å²) in [5.74, 6) is -0.641. The van der Waals surface area contributed by atoms with E-state index >= 15 is 0 Å². The van der Waals surface area contributed by atoms with Crippen molar-refractivity contribution in [2.24, 2.45) is 16.5 Å². The maximum Gasteiger partial charge on any atom is 0.248 e. The molecule has 1 aromatic carbocycles. The SMILES string of the molecule is [N-]=C=C1C(N)=NC(S)=C(C(N)=O)[C@@H]1c1ccccc1F. The Labute approximate surface area is 119 Å². The molecule has 0 aromatic heterocycles. The molecule has 1 aliphatic heterocycles. The summed E-state index contributed by atoms with van der Waals surface area (Å²) in [7, 11) is 0. The zero-order valence-electron chi connectivity index (χ0n) is 10.2. The van der Waals surface area contributed by atoms with Crippen molar-refractivity contribution in [2.75, 3.05) is 0 Å². The number of primary amides is 1. The second-order valence-corrected chi connectivity index (χ2v) is 4.50. The maximum atomic E-state index is 14.0. The highest BCUT2D eigenvalue weighted by Gasteiger charge is 2.33. The Hall–Kier alpha value is -2.37. The predicted molar refractivity (Wildman–Crippen MR) is 77.8 cm³/mol. The molecule has 0 radical (unpaired) electrons. The van der Waals surface area contributed by atoms with Crippen LogP contribution in [-0.2, 0) is 4.79 Å². The van der Waals surface area contributed by atoms with Crippen LogP contribution in [0.2, 0.25) is 0 Å². The summed E-state index contributed by atoms with van der Waals surface area (Å²) < 4.78 is 14.0. The van der Waals surface area contributed by atoms with Gasteiger partial charge in [0.05, 0.1) is 11.5 Å². The van der Waals surface area contributed by atoms with Crippen molar-refractivity contribution in [3.8, 4) is 0 Å². The van der Waals surface area contributed by atoms with E-state index in [1.807, 2.05) is 5.87 Å². The highest BCUT2D eigenvalue weighted by atomic mass is 32.1. The normalized spacial score (nSPS) is 18.6. The van der Waals surface area contributed by atoms with E-state index in [-0.39, 0.29) is 27.6 Å². The highest BCUT2D eigenvalue weighted by Crippen LogP contribution is 2.38. The van der Waals surface area contributed by atoms with Crippen molar-refractivity contribution in [2.45, 2.75) is 5.92 Å². The number of halogens is 1. The van der Waals surface area contributed by atoms with Crippen molar-refractivity contribution in [3.63, 3.8) is 0 Å². The second kappa shape index (κ2) is 5.32. The van der Waals surface area contributed by atoms with Gasteiger partial charge >= 0.3 is 0 Å². The van der Waals surface area contributed by atoms with Gasteiger partial charge < -0.3 is 16.9 Å². The third-order valence-electron chi connectivity index (χ3n) is 2.92. The molecule has 1 aliphatic rings. The molecule has 0 aliphatic carbocycles. The number of hydrogen-bond donors (Lipinski definition) is 3. The van der Waals surface area contributed by atoms with Gasteiger partial charge in [-0.25, -0.2) is 9.38 Å². The van der Waals surface area contributed by atoms with E-state index < -0.39 is 17.6 Å². The number of carbonyl (C=O) groups is 1. The Bertz CT molecular complexity index is 704. The molecule has 2 rings (SSSR count). The van der Waals surface area contributed by atoms with Gasteiger partial charge in [-0.2, -0.15) is 0 Å². The molecule has 102 valence electrons. The van der Waals surface area contributed by atoms with Crippen LogP contribution in [0.15, 0.2) is 45.4 Å². The van der Waals surface area contributed by atoms with Gasteiger partial charge in [-0.3, -0.25) is 10.7 Å². The number of amidine groups is 1. The summed E-state index contributed by atoms with van der Waals surface area (Å²) in [4.78, 5) is 15.4. The lowest BCUT2D eigenvalue weighted by Crippen LogP contribution is -2.31. The third kappa shape index (κ3) is 2.24. The van der Waals surface area contributed by atoms with E-state index in [1.54, 1.807) is 6.07 Å². The average Bonchev–Trinajstić information content (AvgIpc) is 2.38. The predicted octanol–water partition coefficient (Wildman–Crippen LogP) is 1.07. The molecule has 0 spiro atoms. The van der Waals surface area contributed by atoms with Crippen LogP contribution in [0.5, 0.6) is 0 Å². The topological polar surface area (TPSA) is 104 Å². The first-order chi connectivity index (χ1) is 9.47. The van der Waals surface area contributed by atoms with E-state index in [9.17, 15) is 14.6 Å². The van der Waals surface area contributed by atoms with Crippen molar-refractivity contribution >= 4 is 30.2 Å². The molecule has 1 atom stereocenters. The van der Waals surface area contributed by atoms with Gasteiger partial charge in [0, 0.05) is 11.1 Å². The first-order valence-corrected chi connectivity index (χ1v) is 6.01. The van der Waals surface area contributed by atoms with Gasteiger partial charge in [0.2, 0.25) is 5.91 Å². The number of benzene rings is 1. The molecular weight excluding hydrogens is 279 g/mol. The van der Waals surface area contributed by atoms with Gasteiger partial charge in [-0.15, -0.1) is 12.6 Å². The van der Waals surface area contributed by atoms with Crippen molar-refractivity contribution in [1.29, 1.82) is 0 Å². The summed E-state index contributed by atoms with van der Waals surface area (Å²) in [6, 6.07) is 5.77. The molecule has 1 heterocycles. The number of hydrogen-bond acceptors (Lipinski definition) is 4. The Morgan fingerprint density at radius 2 is 2.10 bits per heavy atom. The number of amides is 1. The Balaban J connectivity index is 2.76. The van der Waals surface area contributed by atoms with Crippen LogP contribution in [0.3, 0.4) is 0 Å². The molecule has 4 N–H and O–H groups in total. The summed E-state index contributed by atoms with van der Waals surface area (Å²) in [5, 5.41) is 9.19. The van der Waals surface area contributed by atoms with Gasteiger partial charge in [0.15, 0.2) is 0 Å². The zero-order chi connectivity index (χ0) is 14.9. The van der Waals surface area contributed by atoms with Crippen LogP contribution in [0, 0.1) is 5.82 Å². The molecule has 0 unspecified atom stereocenters. The summed E-state index contributed by atoms with van der Waals surface area (Å²) in [6.07, 6.45) is 0. The maximum absolute atomic E-state index is 14.0. The Kier molecular flexibility index (Phi) is 3.74. The fourth-order valence-corrected chi connectivity index (χ4v) is 2.40. The molecule has 7 heteroatoms. The van der Waals surface area contributed by atoms with Crippen molar-refractivity contribution < 1.29 is 9.18 Å². The number of nitrogens with zero attached hydrogens (tertiary/aromatic N) is 2. The fraction of sp³-hybridized carbons (Fsp3) is 0.0769. The summed E-state index contributed by atoms with van der Waals surface area (Å²) >= 11 is 4.04. The van der Waals surface area contributed by atoms with Crippen LogP contribution in [0.1, 0.15) is 11.5 Å². The van der Waals surface area contributed by atoms with Gasteiger partial charge in [0.1, 0.15) is 16.7 Å². The smallest absolute Gasteiger partial charge is 0.248 e. The van der Waals surface area contributed by atoms with E-state index in [1.165, 1.54) is 18.2 Å². The standard InChI is InChI=1S/C13H10FN4OS/c14-8-4-2-1-3-6(8)9-7(5-15)11(16)18-13(20)10(9)12(17)19/h1-4,9,20H,(H2,16,18)(H2,17,19)/q-1/t9-/m1/s1. The number of rotatable bonds is 2. The van der Waals surface area contributed by atoms with Crippen LogP contribution < -0.4 is 11.5 Å². The number of nitrogens with two attached hydrogens (primary N) is 2. The molecule has 20 heavy (non-hydrogen) atoms. The van der Waals surface area contributed by atoms with E-state index in [0.717, 1.165) is 0 Å². The summed E-state index contributed by atoms with van der Waals surface area (Å²) in [6.45, 7) is 0. The lowest BCUT2D eigenvalue weighted by molar-refractivity contribution is -0.114. The first kappa shape index (κ1) is 14.0. The molecule has 0 bridgehead atoms. The van der Waals surface area contributed by atoms with Crippen LogP contribution in [0.25, 0.3) is 5.41 Å². The number of thiol groups is 1. The molecule has 0 fully saturated rings. The largest absolute Gasteiger partial charge is 0.763 e. The third-order valence-corrected chi connectivity index (χ3v) is 3.26. The lowest BCUT2D eigenvalue weighted by Gasteiger charge is -2.26.